The summed E-state index contributed by atoms with van der Waals surface area (Å²) in [7, 11) is 0. The van der Waals surface area contributed by atoms with Crippen LogP contribution in [0.5, 0.6) is 0 Å². The van der Waals surface area contributed by atoms with E-state index in [1.54, 1.807) is 0 Å². The number of benzene rings is 1. The standard InChI is InChI=1S/C14H23N3O/c1-2-17(11-7-6-10-14(18)16-15)12-13-8-4-3-5-9-13/h3-5,8-9H,2,6-7,10-12,15H2,1H3,(H,16,18). The van der Waals surface area contributed by atoms with Gasteiger partial charge in [-0.2, -0.15) is 0 Å². The summed E-state index contributed by atoms with van der Waals surface area (Å²) in [5.41, 5.74) is 3.49. The summed E-state index contributed by atoms with van der Waals surface area (Å²) in [4.78, 5) is 13.4. The summed E-state index contributed by atoms with van der Waals surface area (Å²) < 4.78 is 0. The number of unbranched alkanes of at least 4 members (excludes halogenated alkanes) is 1. The lowest BCUT2D eigenvalue weighted by atomic mass is 10.2. The van der Waals surface area contributed by atoms with Crippen molar-refractivity contribution in [3.05, 3.63) is 35.9 Å². The highest BCUT2D eigenvalue weighted by Gasteiger charge is 2.04. The molecule has 0 aliphatic heterocycles. The molecule has 0 fully saturated rings. The summed E-state index contributed by atoms with van der Waals surface area (Å²) in [5.74, 6) is 4.95. The lowest BCUT2D eigenvalue weighted by Gasteiger charge is -2.20. The van der Waals surface area contributed by atoms with E-state index in [9.17, 15) is 4.79 Å². The van der Waals surface area contributed by atoms with Crippen molar-refractivity contribution in [1.29, 1.82) is 0 Å². The number of carbonyl (C=O) groups excluding carboxylic acids is 1. The third kappa shape index (κ3) is 5.80. The molecule has 0 unspecified atom stereocenters. The molecule has 0 radical (unpaired) electrons. The van der Waals surface area contributed by atoms with Crippen LogP contribution in [0.2, 0.25) is 0 Å². The topological polar surface area (TPSA) is 58.4 Å². The summed E-state index contributed by atoms with van der Waals surface area (Å²) >= 11 is 0. The van der Waals surface area contributed by atoms with Gasteiger partial charge in [-0.3, -0.25) is 15.1 Å². The Hall–Kier alpha value is -1.39. The van der Waals surface area contributed by atoms with Crippen LogP contribution in [0, 0.1) is 0 Å². The maximum atomic E-state index is 11.0. The molecule has 0 saturated carbocycles. The van der Waals surface area contributed by atoms with Crippen molar-refractivity contribution < 1.29 is 4.79 Å². The van der Waals surface area contributed by atoms with E-state index in [1.165, 1.54) is 5.56 Å². The summed E-state index contributed by atoms with van der Waals surface area (Å²) in [6.45, 7) is 5.18. The van der Waals surface area contributed by atoms with Crippen LogP contribution in [0.25, 0.3) is 0 Å². The van der Waals surface area contributed by atoms with Gasteiger partial charge in [-0.1, -0.05) is 37.3 Å². The van der Waals surface area contributed by atoms with E-state index >= 15 is 0 Å². The number of nitrogens with two attached hydrogens (primary N) is 1. The molecule has 0 bridgehead atoms. The second-order valence-corrected chi connectivity index (χ2v) is 4.38. The summed E-state index contributed by atoms with van der Waals surface area (Å²) in [6.07, 6.45) is 2.42. The van der Waals surface area contributed by atoms with Crippen molar-refractivity contribution in [1.82, 2.24) is 10.3 Å². The van der Waals surface area contributed by atoms with Gasteiger partial charge in [0, 0.05) is 13.0 Å². The average molecular weight is 249 g/mol. The third-order valence-electron chi connectivity index (χ3n) is 2.99. The van der Waals surface area contributed by atoms with E-state index < -0.39 is 0 Å². The van der Waals surface area contributed by atoms with Crippen molar-refractivity contribution >= 4 is 5.91 Å². The van der Waals surface area contributed by atoms with E-state index in [0.717, 1.165) is 32.5 Å². The maximum Gasteiger partial charge on any atom is 0.233 e. The zero-order valence-corrected chi connectivity index (χ0v) is 11.1. The number of rotatable bonds is 8. The Labute approximate surface area is 109 Å². The SMILES string of the molecule is CCN(CCCCC(=O)NN)Cc1ccccc1. The number of carbonyl (C=O) groups is 1. The Kier molecular flexibility index (Phi) is 7.06. The lowest BCUT2D eigenvalue weighted by molar-refractivity contribution is -0.121. The number of amides is 1. The minimum absolute atomic E-state index is 0.0823. The molecule has 0 aliphatic carbocycles. The van der Waals surface area contributed by atoms with Crippen LogP contribution in [0.3, 0.4) is 0 Å². The maximum absolute atomic E-state index is 11.0. The van der Waals surface area contributed by atoms with Crippen LogP contribution < -0.4 is 11.3 Å². The molecule has 1 aromatic carbocycles. The molecular weight excluding hydrogens is 226 g/mol. The molecule has 0 spiro atoms. The molecule has 0 saturated heterocycles. The van der Waals surface area contributed by atoms with Crippen LogP contribution >= 0.6 is 0 Å². The first-order valence-corrected chi connectivity index (χ1v) is 6.52. The van der Waals surface area contributed by atoms with Gasteiger partial charge in [0.25, 0.3) is 0 Å². The number of nitrogens with zero attached hydrogens (tertiary/aromatic N) is 1. The Balaban J connectivity index is 2.24. The van der Waals surface area contributed by atoms with E-state index in [-0.39, 0.29) is 5.91 Å². The summed E-state index contributed by atoms with van der Waals surface area (Å²) in [6, 6.07) is 10.4. The monoisotopic (exact) mass is 249 g/mol. The van der Waals surface area contributed by atoms with Gasteiger partial charge in [-0.15, -0.1) is 0 Å². The molecule has 1 aromatic rings. The van der Waals surface area contributed by atoms with E-state index in [4.69, 9.17) is 5.84 Å². The van der Waals surface area contributed by atoms with Crippen molar-refractivity contribution in [2.24, 2.45) is 5.84 Å². The van der Waals surface area contributed by atoms with Crippen molar-refractivity contribution in [3.8, 4) is 0 Å². The van der Waals surface area contributed by atoms with Gasteiger partial charge in [0.2, 0.25) is 5.91 Å². The molecule has 0 aliphatic rings. The largest absolute Gasteiger partial charge is 0.299 e. The highest BCUT2D eigenvalue weighted by atomic mass is 16.2. The van der Waals surface area contributed by atoms with E-state index in [2.05, 4.69) is 41.5 Å². The van der Waals surface area contributed by atoms with Crippen molar-refractivity contribution in [2.45, 2.75) is 32.7 Å². The Morgan fingerprint density at radius 1 is 1.28 bits per heavy atom. The fourth-order valence-corrected chi connectivity index (χ4v) is 1.88. The lowest BCUT2D eigenvalue weighted by Crippen LogP contribution is -2.30. The van der Waals surface area contributed by atoms with Gasteiger partial charge >= 0.3 is 0 Å². The van der Waals surface area contributed by atoms with Crippen LogP contribution in [-0.2, 0) is 11.3 Å². The van der Waals surface area contributed by atoms with Gasteiger partial charge in [0.1, 0.15) is 0 Å². The fourth-order valence-electron chi connectivity index (χ4n) is 1.88. The van der Waals surface area contributed by atoms with Gasteiger partial charge in [-0.05, 0) is 31.5 Å². The molecule has 4 nitrogen and oxygen atoms in total. The van der Waals surface area contributed by atoms with Crippen LogP contribution in [0.4, 0.5) is 0 Å². The first-order valence-electron chi connectivity index (χ1n) is 6.52. The Morgan fingerprint density at radius 3 is 2.61 bits per heavy atom. The second kappa shape index (κ2) is 8.66. The highest BCUT2D eigenvalue weighted by molar-refractivity contribution is 5.75. The number of hydrogen-bond donors (Lipinski definition) is 2. The smallest absolute Gasteiger partial charge is 0.233 e. The zero-order chi connectivity index (χ0) is 13.2. The first-order chi connectivity index (χ1) is 8.76. The minimum atomic E-state index is -0.0823. The van der Waals surface area contributed by atoms with E-state index in [0.29, 0.717) is 6.42 Å². The normalized spacial score (nSPS) is 10.6. The quantitative estimate of drug-likeness (QED) is 0.319. The molecule has 1 rings (SSSR count). The molecule has 18 heavy (non-hydrogen) atoms. The predicted molar refractivity (Wildman–Crippen MR) is 73.6 cm³/mol. The molecular formula is C14H23N3O. The van der Waals surface area contributed by atoms with Crippen LogP contribution in [0.1, 0.15) is 31.7 Å². The first kappa shape index (κ1) is 14.7. The molecule has 0 atom stereocenters. The van der Waals surface area contributed by atoms with Crippen molar-refractivity contribution in [3.63, 3.8) is 0 Å². The third-order valence-corrected chi connectivity index (χ3v) is 2.99. The second-order valence-electron chi connectivity index (χ2n) is 4.38. The summed E-state index contributed by atoms with van der Waals surface area (Å²) in [5, 5.41) is 0. The van der Waals surface area contributed by atoms with Crippen LogP contribution in [-0.4, -0.2) is 23.9 Å². The van der Waals surface area contributed by atoms with Gasteiger partial charge in [0.15, 0.2) is 0 Å². The minimum Gasteiger partial charge on any atom is -0.299 e. The van der Waals surface area contributed by atoms with Gasteiger partial charge in [-0.25, -0.2) is 5.84 Å². The molecule has 0 heterocycles. The van der Waals surface area contributed by atoms with Gasteiger partial charge < -0.3 is 0 Å². The number of hydrazine groups is 1. The number of nitrogens with one attached hydrogen (secondary N) is 1. The molecule has 0 aromatic heterocycles. The Morgan fingerprint density at radius 2 is 2.00 bits per heavy atom. The molecule has 3 N–H and O–H groups in total. The van der Waals surface area contributed by atoms with E-state index in [1.807, 2.05) is 6.07 Å². The molecule has 4 heteroatoms. The molecule has 100 valence electrons. The molecule has 1 amide bonds. The van der Waals surface area contributed by atoms with Gasteiger partial charge in [0.05, 0.1) is 0 Å². The van der Waals surface area contributed by atoms with Crippen LogP contribution in [0.15, 0.2) is 30.3 Å². The highest BCUT2D eigenvalue weighted by Crippen LogP contribution is 2.06. The number of hydrogen-bond acceptors (Lipinski definition) is 3. The fraction of sp³-hybridized carbons (Fsp3) is 0.500. The predicted octanol–water partition coefficient (Wildman–Crippen LogP) is 1.67. The van der Waals surface area contributed by atoms with Crippen molar-refractivity contribution in [2.75, 3.05) is 13.1 Å². The zero-order valence-electron chi connectivity index (χ0n) is 11.1. The Bertz CT molecular complexity index is 340. The average Bonchev–Trinajstić information content (AvgIpc) is 2.43.